The van der Waals surface area contributed by atoms with Crippen LogP contribution in [-0.4, -0.2) is 66.6 Å². The van der Waals surface area contributed by atoms with Crippen LogP contribution < -0.4 is 5.32 Å². The number of rotatable bonds is 7. The molecule has 7 heteroatoms. The summed E-state index contributed by atoms with van der Waals surface area (Å²) in [5.41, 5.74) is 0. The third kappa shape index (κ3) is 6.34. The van der Waals surface area contributed by atoms with Crippen molar-refractivity contribution in [2.45, 2.75) is 46.0 Å². The summed E-state index contributed by atoms with van der Waals surface area (Å²) in [6.07, 6.45) is 8.11. The zero-order valence-electron chi connectivity index (χ0n) is 16.2. The number of nitrogens with one attached hydrogen (secondary N) is 1. The largest absolute Gasteiger partial charge is 0.357 e. The SMILES string of the molecule is CCNC(=NCCc1ncc(CC)s1)N1CCC(CN2CCCC2)C1.I. The van der Waals surface area contributed by atoms with Gasteiger partial charge in [-0.15, -0.1) is 35.3 Å². The van der Waals surface area contributed by atoms with Gasteiger partial charge in [-0.1, -0.05) is 6.92 Å². The second-order valence-corrected chi connectivity index (χ2v) is 8.37. The number of aliphatic imine (C=N–C) groups is 1. The molecule has 148 valence electrons. The molecule has 0 radical (unpaired) electrons. The van der Waals surface area contributed by atoms with Gasteiger partial charge in [0.1, 0.15) is 0 Å². The van der Waals surface area contributed by atoms with E-state index in [0.29, 0.717) is 0 Å². The fourth-order valence-electron chi connectivity index (χ4n) is 3.81. The van der Waals surface area contributed by atoms with Crippen LogP contribution in [0, 0.1) is 5.92 Å². The normalized spacial score (nSPS) is 21.2. The van der Waals surface area contributed by atoms with E-state index in [4.69, 9.17) is 4.99 Å². The highest BCUT2D eigenvalue weighted by Crippen LogP contribution is 2.20. The Morgan fingerprint density at radius 2 is 2.12 bits per heavy atom. The van der Waals surface area contributed by atoms with Crippen molar-refractivity contribution >= 4 is 41.3 Å². The molecule has 26 heavy (non-hydrogen) atoms. The lowest BCUT2D eigenvalue weighted by Gasteiger charge is -2.23. The van der Waals surface area contributed by atoms with Gasteiger partial charge in [0.2, 0.25) is 0 Å². The number of aryl methyl sites for hydroxylation is 1. The molecule has 1 N–H and O–H groups in total. The molecule has 0 aromatic carbocycles. The number of hydrogen-bond acceptors (Lipinski definition) is 4. The molecule has 0 bridgehead atoms. The predicted molar refractivity (Wildman–Crippen MR) is 122 cm³/mol. The number of likely N-dealkylation sites (tertiary alicyclic amines) is 2. The van der Waals surface area contributed by atoms with E-state index in [1.807, 2.05) is 17.5 Å². The first-order valence-corrected chi connectivity index (χ1v) is 10.8. The quantitative estimate of drug-likeness (QED) is 0.362. The minimum absolute atomic E-state index is 0. The van der Waals surface area contributed by atoms with Crippen LogP contribution >= 0.6 is 35.3 Å². The van der Waals surface area contributed by atoms with Crippen molar-refractivity contribution in [2.75, 3.05) is 45.8 Å². The average molecular weight is 491 g/mol. The molecule has 2 fully saturated rings. The van der Waals surface area contributed by atoms with Crippen molar-refractivity contribution in [3.63, 3.8) is 0 Å². The highest BCUT2D eigenvalue weighted by Gasteiger charge is 2.27. The standard InChI is InChI=1S/C19H33N5S.HI/c1-3-17-13-22-18(25-17)7-9-21-19(20-4-2)24-12-8-16(15-24)14-23-10-5-6-11-23;/h13,16H,3-12,14-15H2,1-2H3,(H,20,21);1H. The van der Waals surface area contributed by atoms with Gasteiger partial charge in [0.05, 0.1) is 5.01 Å². The number of nitrogens with zero attached hydrogens (tertiary/aromatic N) is 4. The van der Waals surface area contributed by atoms with Crippen molar-refractivity contribution in [3.05, 3.63) is 16.1 Å². The first-order chi connectivity index (χ1) is 12.3. The van der Waals surface area contributed by atoms with Crippen LogP contribution in [0.15, 0.2) is 11.2 Å². The monoisotopic (exact) mass is 491 g/mol. The molecule has 5 nitrogen and oxygen atoms in total. The van der Waals surface area contributed by atoms with E-state index in [9.17, 15) is 0 Å². The van der Waals surface area contributed by atoms with Crippen LogP contribution in [0.2, 0.25) is 0 Å². The van der Waals surface area contributed by atoms with Gasteiger partial charge in [0, 0.05) is 50.2 Å². The Bertz CT molecular complexity index is 556. The van der Waals surface area contributed by atoms with Crippen molar-refractivity contribution in [2.24, 2.45) is 10.9 Å². The van der Waals surface area contributed by atoms with Gasteiger partial charge in [0.15, 0.2) is 5.96 Å². The average Bonchev–Trinajstić information content (AvgIpc) is 3.36. The van der Waals surface area contributed by atoms with Crippen LogP contribution in [0.3, 0.4) is 0 Å². The van der Waals surface area contributed by atoms with Crippen LogP contribution in [-0.2, 0) is 12.8 Å². The third-order valence-corrected chi connectivity index (χ3v) is 6.37. The molecule has 1 aromatic heterocycles. The molecular weight excluding hydrogens is 457 g/mol. The van der Waals surface area contributed by atoms with Crippen molar-refractivity contribution in [1.29, 1.82) is 0 Å². The van der Waals surface area contributed by atoms with E-state index in [0.717, 1.165) is 50.9 Å². The number of thiazole rings is 1. The van der Waals surface area contributed by atoms with Crippen LogP contribution in [0.25, 0.3) is 0 Å². The fraction of sp³-hybridized carbons (Fsp3) is 0.789. The smallest absolute Gasteiger partial charge is 0.193 e. The highest BCUT2D eigenvalue weighted by molar-refractivity contribution is 14.0. The van der Waals surface area contributed by atoms with Gasteiger partial charge in [-0.05, 0) is 51.6 Å². The van der Waals surface area contributed by atoms with E-state index in [1.54, 1.807) is 0 Å². The Balaban J connectivity index is 0.00000243. The van der Waals surface area contributed by atoms with Crippen molar-refractivity contribution in [3.8, 4) is 0 Å². The first kappa shape index (κ1) is 21.9. The van der Waals surface area contributed by atoms with E-state index < -0.39 is 0 Å². The summed E-state index contributed by atoms with van der Waals surface area (Å²) in [7, 11) is 0. The minimum atomic E-state index is 0. The third-order valence-electron chi connectivity index (χ3n) is 5.17. The maximum absolute atomic E-state index is 4.88. The van der Waals surface area contributed by atoms with Gasteiger partial charge in [-0.3, -0.25) is 4.99 Å². The minimum Gasteiger partial charge on any atom is -0.357 e. The second-order valence-electron chi connectivity index (χ2n) is 7.17. The Morgan fingerprint density at radius 1 is 1.31 bits per heavy atom. The topological polar surface area (TPSA) is 43.8 Å². The Hall–Kier alpha value is -0.410. The predicted octanol–water partition coefficient (Wildman–Crippen LogP) is 3.25. The van der Waals surface area contributed by atoms with Gasteiger partial charge in [-0.2, -0.15) is 0 Å². The molecule has 0 aliphatic carbocycles. The number of guanidine groups is 1. The number of halogens is 1. The maximum Gasteiger partial charge on any atom is 0.193 e. The molecule has 2 aliphatic heterocycles. The van der Waals surface area contributed by atoms with Gasteiger partial charge in [0.25, 0.3) is 0 Å². The van der Waals surface area contributed by atoms with Crippen LogP contribution in [0.4, 0.5) is 0 Å². The fourth-order valence-corrected chi connectivity index (χ4v) is 4.67. The van der Waals surface area contributed by atoms with Gasteiger partial charge in [-0.25, -0.2) is 4.98 Å². The molecule has 1 unspecified atom stereocenters. The zero-order valence-corrected chi connectivity index (χ0v) is 19.4. The summed E-state index contributed by atoms with van der Waals surface area (Å²) in [4.78, 5) is 15.9. The summed E-state index contributed by atoms with van der Waals surface area (Å²) in [5.74, 6) is 1.90. The molecule has 1 aromatic rings. The lowest BCUT2D eigenvalue weighted by Crippen LogP contribution is -2.41. The lowest BCUT2D eigenvalue weighted by atomic mass is 10.1. The van der Waals surface area contributed by atoms with E-state index in [1.165, 1.54) is 48.8 Å². The first-order valence-electron chi connectivity index (χ1n) is 9.97. The lowest BCUT2D eigenvalue weighted by molar-refractivity contribution is 0.281. The van der Waals surface area contributed by atoms with Gasteiger partial charge < -0.3 is 15.1 Å². The Morgan fingerprint density at radius 3 is 2.81 bits per heavy atom. The van der Waals surface area contributed by atoms with E-state index in [2.05, 4.69) is 33.9 Å². The summed E-state index contributed by atoms with van der Waals surface area (Å²) < 4.78 is 0. The zero-order chi connectivity index (χ0) is 17.5. The maximum atomic E-state index is 4.88. The van der Waals surface area contributed by atoms with Crippen LogP contribution in [0.1, 0.15) is 43.0 Å². The molecule has 3 heterocycles. The van der Waals surface area contributed by atoms with E-state index in [-0.39, 0.29) is 24.0 Å². The Labute approximate surface area is 179 Å². The summed E-state index contributed by atoms with van der Waals surface area (Å²) in [6, 6.07) is 0. The summed E-state index contributed by atoms with van der Waals surface area (Å²) in [6.45, 7) is 12.3. The molecule has 1 atom stereocenters. The number of hydrogen-bond donors (Lipinski definition) is 1. The van der Waals surface area contributed by atoms with Crippen molar-refractivity contribution < 1.29 is 0 Å². The molecule has 0 saturated carbocycles. The molecule has 3 rings (SSSR count). The number of aromatic nitrogens is 1. The Kier molecular flexibility index (Phi) is 9.63. The van der Waals surface area contributed by atoms with Gasteiger partial charge >= 0.3 is 0 Å². The molecule has 0 amide bonds. The van der Waals surface area contributed by atoms with Crippen molar-refractivity contribution in [1.82, 2.24) is 20.1 Å². The molecular formula is C19H34IN5S. The summed E-state index contributed by atoms with van der Waals surface area (Å²) >= 11 is 1.83. The molecule has 0 spiro atoms. The molecule has 2 saturated heterocycles. The highest BCUT2D eigenvalue weighted by atomic mass is 127. The van der Waals surface area contributed by atoms with E-state index >= 15 is 0 Å². The summed E-state index contributed by atoms with van der Waals surface area (Å²) in [5, 5.41) is 4.70. The molecule has 2 aliphatic rings. The second kappa shape index (κ2) is 11.4. The van der Waals surface area contributed by atoms with Crippen LogP contribution in [0.5, 0.6) is 0 Å².